The van der Waals surface area contributed by atoms with Crippen molar-refractivity contribution in [3.05, 3.63) is 248 Å². The molecule has 0 nitrogen and oxygen atoms in total. The summed E-state index contributed by atoms with van der Waals surface area (Å²) < 4.78 is 0. The minimum atomic E-state index is -2.47. The predicted molar refractivity (Wildman–Crippen MR) is 250 cm³/mol. The Labute approximate surface area is 331 Å². The Morgan fingerprint density at radius 1 is 0.327 bits per heavy atom. The first-order valence-electron chi connectivity index (χ1n) is 18.8. The molecule has 0 saturated heterocycles. The van der Waals surface area contributed by atoms with Gasteiger partial charge in [0.2, 0.25) is 0 Å². The maximum absolute atomic E-state index is 2.65. The van der Waals surface area contributed by atoms with Crippen LogP contribution in [-0.2, 0) is 0 Å². The van der Waals surface area contributed by atoms with Crippen molar-refractivity contribution in [2.24, 2.45) is 0 Å². The van der Waals surface area contributed by atoms with Gasteiger partial charge in [0.05, 0.1) is 0 Å². The lowest BCUT2D eigenvalue weighted by atomic mass is 10.2. The zero-order valence-electron chi connectivity index (χ0n) is 31.0. The molecular weight excluding hydrogens is 736 g/mol. The van der Waals surface area contributed by atoms with E-state index in [4.69, 9.17) is 0 Å². The van der Waals surface area contributed by atoms with Crippen LogP contribution in [0, 0.1) is 0 Å². The number of rotatable bonds is 12. The normalized spacial score (nSPS) is 12.1. The van der Waals surface area contributed by atoms with Gasteiger partial charge in [-0.3, -0.25) is 0 Å². The maximum Gasteiger partial charge on any atom is 0.0394 e. The van der Waals surface area contributed by atoms with Crippen LogP contribution in [0.5, 0.6) is 0 Å². The topological polar surface area (TPSA) is 0 Å². The zero-order chi connectivity index (χ0) is 37.3. The van der Waals surface area contributed by atoms with Crippen LogP contribution >= 0.6 is 30.7 Å². The van der Waals surface area contributed by atoms with Crippen molar-refractivity contribution in [1.29, 1.82) is 0 Å². The average Bonchev–Trinajstić information content (AvgIpc) is 3.28. The van der Waals surface area contributed by atoms with Crippen molar-refractivity contribution in [1.82, 2.24) is 0 Å². The van der Waals surface area contributed by atoms with E-state index >= 15 is 0 Å². The molecule has 1 unspecified atom stereocenters. The highest BCUT2D eigenvalue weighted by molar-refractivity contribution is 8.13. The Kier molecular flexibility index (Phi) is 12.1. The van der Waals surface area contributed by atoms with E-state index in [1.807, 2.05) is 0 Å². The molecule has 0 heterocycles. The summed E-state index contributed by atoms with van der Waals surface area (Å²) in [6, 6.07) is 91.7. The highest BCUT2D eigenvalue weighted by Gasteiger charge is 2.42. The van der Waals surface area contributed by atoms with Gasteiger partial charge in [-0.25, -0.2) is 0 Å². The Morgan fingerprint density at radius 2 is 0.564 bits per heavy atom. The molecule has 0 aliphatic carbocycles. The summed E-state index contributed by atoms with van der Waals surface area (Å²) in [5, 5.41) is 11.8. The molecular formula is C51H44P4. The fourth-order valence-electron chi connectivity index (χ4n) is 7.75. The predicted octanol–water partition coefficient (Wildman–Crippen LogP) is 10.8. The van der Waals surface area contributed by atoms with E-state index in [9.17, 15) is 0 Å². The van der Waals surface area contributed by atoms with E-state index in [2.05, 4.69) is 249 Å². The van der Waals surface area contributed by atoms with Crippen molar-refractivity contribution in [2.45, 2.75) is 5.14 Å². The van der Waals surface area contributed by atoms with Gasteiger partial charge in [0.1, 0.15) is 0 Å². The second-order valence-electron chi connectivity index (χ2n) is 13.4. The second kappa shape index (κ2) is 17.9. The SMILES string of the molecule is CP(C(c1ccccc1)=P(c1ccccc1)(c1ccccc1)c1ccccc1)C(P(c1ccccc1)c1ccccc1)P(c1ccccc1)c1ccccc1. The van der Waals surface area contributed by atoms with Crippen molar-refractivity contribution < 1.29 is 0 Å². The summed E-state index contributed by atoms with van der Waals surface area (Å²) in [4.78, 5) is 0. The van der Waals surface area contributed by atoms with Gasteiger partial charge >= 0.3 is 0 Å². The Balaban J connectivity index is 1.58. The second-order valence-corrected chi connectivity index (χ2v) is 25.1. The maximum atomic E-state index is 2.65. The number of hydrogen-bond donors (Lipinski definition) is 0. The van der Waals surface area contributed by atoms with Crippen LogP contribution in [0.25, 0.3) is 0 Å². The van der Waals surface area contributed by atoms with E-state index in [1.165, 1.54) is 42.7 Å². The van der Waals surface area contributed by atoms with Crippen LogP contribution in [0.15, 0.2) is 243 Å². The fourth-order valence-corrected chi connectivity index (χ4v) is 27.6. The smallest absolute Gasteiger partial charge is 0.0394 e. The van der Waals surface area contributed by atoms with Crippen molar-refractivity contribution in [2.75, 3.05) is 6.66 Å². The molecule has 0 aliphatic heterocycles. The van der Waals surface area contributed by atoms with Crippen LogP contribution < -0.4 is 37.1 Å². The summed E-state index contributed by atoms with van der Waals surface area (Å²) in [7, 11) is -2.62. The fraction of sp³-hybridized carbons (Fsp3) is 0.0392. The van der Waals surface area contributed by atoms with Crippen molar-refractivity contribution in [3.8, 4) is 0 Å². The van der Waals surface area contributed by atoms with Gasteiger partial charge in [0, 0.05) is 5.14 Å². The third-order valence-electron chi connectivity index (χ3n) is 10.1. The lowest BCUT2D eigenvalue weighted by molar-refractivity contribution is 1.67. The molecule has 55 heavy (non-hydrogen) atoms. The Bertz CT molecular complexity index is 2160. The van der Waals surface area contributed by atoms with E-state index in [0.29, 0.717) is 5.14 Å². The molecule has 0 aromatic heterocycles. The van der Waals surface area contributed by atoms with Gasteiger partial charge in [0.15, 0.2) is 0 Å². The third-order valence-corrected chi connectivity index (χ3v) is 26.8. The summed E-state index contributed by atoms with van der Waals surface area (Å²) >= 11 is 0. The van der Waals surface area contributed by atoms with Gasteiger partial charge in [-0.1, -0.05) is 251 Å². The third kappa shape index (κ3) is 7.77. The summed E-state index contributed by atoms with van der Waals surface area (Å²) in [6.07, 6.45) is 0. The van der Waals surface area contributed by atoms with Crippen molar-refractivity contribution >= 4 is 72.8 Å². The molecule has 0 N–H and O–H groups in total. The first-order chi connectivity index (χ1) is 27.3. The lowest BCUT2D eigenvalue weighted by Crippen LogP contribution is -2.33. The minimum absolute atomic E-state index is 0.292. The van der Waals surface area contributed by atoms with Gasteiger partial charge in [-0.05, 0) is 77.1 Å². The molecule has 8 rings (SSSR count). The molecule has 8 aromatic carbocycles. The molecule has 0 spiro atoms. The highest BCUT2D eigenvalue weighted by atomic mass is 31.2. The Morgan fingerprint density at radius 3 is 0.836 bits per heavy atom. The molecule has 0 radical (unpaired) electrons. The summed E-state index contributed by atoms with van der Waals surface area (Å²) in [6.45, 7) is 0.172. The summed E-state index contributed by atoms with van der Waals surface area (Å²) in [5.41, 5.74) is 1.35. The standard InChI is InChI=1S/C51H44P4/c1-52(50(42-26-10-2-11-27-42)55(47-36-20-7-21-37-47,48-38-22-8-23-39-48)49-40-24-9-25-41-49)51(53(43-28-12-3-13-29-43)44-30-14-4-15-31-44)54(45-32-16-5-17-33-45)46-34-18-6-19-35-46/h2-41,51H,1H3. The molecule has 0 saturated carbocycles. The monoisotopic (exact) mass is 780 g/mol. The van der Waals surface area contributed by atoms with Crippen LogP contribution in [-0.4, -0.2) is 16.8 Å². The first kappa shape index (κ1) is 37.3. The lowest BCUT2D eigenvalue weighted by Gasteiger charge is -2.44. The van der Waals surface area contributed by atoms with E-state index in [-0.39, 0.29) is 0 Å². The van der Waals surface area contributed by atoms with E-state index in [1.54, 1.807) is 5.03 Å². The minimum Gasteiger partial charge on any atom is -0.0634 e. The molecule has 0 bridgehead atoms. The molecule has 0 amide bonds. The van der Waals surface area contributed by atoms with Crippen LogP contribution in [0.1, 0.15) is 5.56 Å². The summed E-state index contributed by atoms with van der Waals surface area (Å²) in [5.74, 6) is 0. The molecule has 268 valence electrons. The van der Waals surface area contributed by atoms with Crippen LogP contribution in [0.3, 0.4) is 0 Å². The quantitative estimate of drug-likeness (QED) is 0.108. The number of benzene rings is 8. The highest BCUT2D eigenvalue weighted by Crippen LogP contribution is 2.72. The van der Waals surface area contributed by atoms with Gasteiger partial charge in [-0.15, -0.1) is 0 Å². The molecule has 0 aliphatic rings. The Hall–Kier alpha value is -4.65. The average molecular weight is 781 g/mol. The first-order valence-corrected chi connectivity index (χ1v) is 25.2. The largest absolute Gasteiger partial charge is 0.0634 e. The molecule has 1 atom stereocenters. The van der Waals surface area contributed by atoms with Gasteiger partial charge < -0.3 is 0 Å². The van der Waals surface area contributed by atoms with Gasteiger partial charge in [0.25, 0.3) is 0 Å². The van der Waals surface area contributed by atoms with E-state index in [0.717, 1.165) is 0 Å². The molecule has 4 heteroatoms. The van der Waals surface area contributed by atoms with Crippen LogP contribution in [0.2, 0.25) is 0 Å². The molecule has 0 fully saturated rings. The zero-order valence-corrected chi connectivity index (χ0v) is 34.5. The van der Waals surface area contributed by atoms with Crippen LogP contribution in [0.4, 0.5) is 0 Å². The number of hydrogen-bond acceptors (Lipinski definition) is 0. The van der Waals surface area contributed by atoms with E-state index < -0.39 is 30.7 Å². The van der Waals surface area contributed by atoms with Gasteiger partial charge in [-0.2, -0.15) is 0 Å². The van der Waals surface area contributed by atoms with Crippen molar-refractivity contribution in [3.63, 3.8) is 0 Å². The molecule has 8 aromatic rings.